The van der Waals surface area contributed by atoms with Gasteiger partial charge in [0.25, 0.3) is 5.91 Å². The van der Waals surface area contributed by atoms with Gasteiger partial charge >= 0.3 is 0 Å². The van der Waals surface area contributed by atoms with Gasteiger partial charge in [-0.15, -0.1) is 0 Å². The normalized spacial score (nSPS) is 10.3. The molecule has 1 aromatic carbocycles. The van der Waals surface area contributed by atoms with Crippen LogP contribution in [0.15, 0.2) is 33.4 Å². The number of aryl methyl sites for hydroxylation is 2. The molecule has 0 bridgehead atoms. The predicted octanol–water partition coefficient (Wildman–Crippen LogP) is 3.92. The van der Waals surface area contributed by atoms with Crippen LogP contribution in [0.4, 0.5) is 5.69 Å². The SMILES string of the molecule is COc1cc(C)c(C)cc1NC(=O)c1ccc(Br)o1. The van der Waals surface area contributed by atoms with Gasteiger partial charge in [-0.25, -0.2) is 0 Å². The molecular formula is C14H14BrNO3. The van der Waals surface area contributed by atoms with Crippen LogP contribution >= 0.6 is 15.9 Å². The smallest absolute Gasteiger partial charge is 0.291 e. The van der Waals surface area contributed by atoms with E-state index in [0.29, 0.717) is 16.1 Å². The number of carbonyl (C=O) groups excluding carboxylic acids is 1. The van der Waals surface area contributed by atoms with Crippen LogP contribution in [0.5, 0.6) is 5.75 Å². The van der Waals surface area contributed by atoms with Gasteiger partial charge in [-0.3, -0.25) is 4.79 Å². The van der Waals surface area contributed by atoms with E-state index in [4.69, 9.17) is 9.15 Å². The summed E-state index contributed by atoms with van der Waals surface area (Å²) in [6.45, 7) is 3.97. The molecule has 4 nitrogen and oxygen atoms in total. The Kier molecular flexibility index (Phi) is 3.95. The number of anilines is 1. The van der Waals surface area contributed by atoms with Crippen LogP contribution in [-0.2, 0) is 0 Å². The van der Waals surface area contributed by atoms with Crippen LogP contribution in [0.1, 0.15) is 21.7 Å². The molecule has 100 valence electrons. The molecule has 0 fully saturated rings. The molecule has 1 aromatic heterocycles. The minimum atomic E-state index is -0.313. The van der Waals surface area contributed by atoms with E-state index in [9.17, 15) is 4.79 Å². The molecule has 5 heteroatoms. The maximum Gasteiger partial charge on any atom is 0.291 e. The van der Waals surface area contributed by atoms with E-state index in [1.807, 2.05) is 26.0 Å². The van der Waals surface area contributed by atoms with Crippen molar-refractivity contribution in [1.29, 1.82) is 0 Å². The Balaban J connectivity index is 2.28. The first-order valence-electron chi connectivity index (χ1n) is 5.73. The van der Waals surface area contributed by atoms with E-state index in [1.165, 1.54) is 0 Å². The van der Waals surface area contributed by atoms with Crippen molar-refractivity contribution < 1.29 is 13.9 Å². The Morgan fingerprint density at radius 2 is 1.95 bits per heavy atom. The quantitative estimate of drug-likeness (QED) is 0.931. The first-order chi connectivity index (χ1) is 9.01. The van der Waals surface area contributed by atoms with Gasteiger partial charge in [0.2, 0.25) is 0 Å². The summed E-state index contributed by atoms with van der Waals surface area (Å²) in [5.41, 5.74) is 2.82. The number of rotatable bonds is 3. The first kappa shape index (κ1) is 13.7. The fraction of sp³-hybridized carbons (Fsp3) is 0.214. The number of methoxy groups -OCH3 is 1. The van der Waals surface area contributed by atoms with Crippen LogP contribution in [0, 0.1) is 13.8 Å². The molecule has 0 spiro atoms. The highest BCUT2D eigenvalue weighted by Gasteiger charge is 2.14. The highest BCUT2D eigenvalue weighted by Crippen LogP contribution is 2.28. The maximum atomic E-state index is 12.0. The number of halogens is 1. The summed E-state index contributed by atoms with van der Waals surface area (Å²) >= 11 is 3.16. The summed E-state index contributed by atoms with van der Waals surface area (Å²) in [5, 5.41) is 2.78. The third-order valence-electron chi connectivity index (χ3n) is 2.86. The van der Waals surface area contributed by atoms with Gasteiger partial charge in [0.05, 0.1) is 12.8 Å². The number of ether oxygens (including phenoxy) is 1. The largest absolute Gasteiger partial charge is 0.495 e. The van der Waals surface area contributed by atoms with Gasteiger partial charge in [0.15, 0.2) is 10.4 Å². The Morgan fingerprint density at radius 3 is 2.53 bits per heavy atom. The van der Waals surface area contributed by atoms with E-state index < -0.39 is 0 Å². The minimum Gasteiger partial charge on any atom is -0.495 e. The molecule has 0 aliphatic carbocycles. The summed E-state index contributed by atoms with van der Waals surface area (Å²) in [6.07, 6.45) is 0. The van der Waals surface area contributed by atoms with Crippen molar-refractivity contribution in [3.05, 3.63) is 45.8 Å². The third kappa shape index (κ3) is 2.98. The fourth-order valence-electron chi connectivity index (χ4n) is 1.68. The first-order valence-corrected chi connectivity index (χ1v) is 6.52. The van der Waals surface area contributed by atoms with Crippen molar-refractivity contribution in [3.63, 3.8) is 0 Å². The molecule has 1 amide bonds. The number of hydrogen-bond donors (Lipinski definition) is 1. The van der Waals surface area contributed by atoms with Gasteiger partial charge in [-0.2, -0.15) is 0 Å². The lowest BCUT2D eigenvalue weighted by atomic mass is 10.1. The van der Waals surface area contributed by atoms with Gasteiger partial charge in [-0.05, 0) is 65.2 Å². The highest BCUT2D eigenvalue weighted by molar-refractivity contribution is 9.10. The number of amides is 1. The number of hydrogen-bond acceptors (Lipinski definition) is 3. The van der Waals surface area contributed by atoms with Crippen LogP contribution in [0.3, 0.4) is 0 Å². The molecule has 0 saturated heterocycles. The predicted molar refractivity (Wildman–Crippen MR) is 76.8 cm³/mol. The third-order valence-corrected chi connectivity index (χ3v) is 3.29. The van der Waals surface area contributed by atoms with Crippen molar-refractivity contribution in [2.24, 2.45) is 0 Å². The van der Waals surface area contributed by atoms with Gasteiger partial charge in [-0.1, -0.05) is 0 Å². The molecule has 1 heterocycles. The molecule has 0 saturated carbocycles. The van der Waals surface area contributed by atoms with Gasteiger partial charge in [0, 0.05) is 0 Å². The lowest BCUT2D eigenvalue weighted by molar-refractivity contribution is 0.0995. The second-order valence-electron chi connectivity index (χ2n) is 4.19. The minimum absolute atomic E-state index is 0.243. The number of benzene rings is 1. The van der Waals surface area contributed by atoms with Crippen molar-refractivity contribution in [2.45, 2.75) is 13.8 Å². The zero-order valence-corrected chi connectivity index (χ0v) is 12.5. The molecule has 0 radical (unpaired) electrons. The lowest BCUT2D eigenvalue weighted by Gasteiger charge is -2.12. The Labute approximate surface area is 119 Å². The lowest BCUT2D eigenvalue weighted by Crippen LogP contribution is -2.12. The van der Waals surface area contributed by atoms with Crippen LogP contribution in [0.25, 0.3) is 0 Å². The Hall–Kier alpha value is -1.75. The zero-order chi connectivity index (χ0) is 14.0. The van der Waals surface area contributed by atoms with Crippen molar-refractivity contribution in [2.75, 3.05) is 12.4 Å². The molecule has 2 aromatic rings. The zero-order valence-electron chi connectivity index (χ0n) is 10.9. The van der Waals surface area contributed by atoms with Crippen molar-refractivity contribution >= 4 is 27.5 Å². The molecule has 0 unspecified atom stereocenters. The summed E-state index contributed by atoms with van der Waals surface area (Å²) in [4.78, 5) is 12.0. The summed E-state index contributed by atoms with van der Waals surface area (Å²) < 4.78 is 11.0. The Bertz CT molecular complexity index is 619. The monoisotopic (exact) mass is 323 g/mol. The van der Waals surface area contributed by atoms with Crippen LogP contribution in [-0.4, -0.2) is 13.0 Å². The fourth-order valence-corrected chi connectivity index (χ4v) is 1.98. The molecule has 0 aliphatic heterocycles. The van der Waals surface area contributed by atoms with E-state index >= 15 is 0 Å². The number of carbonyl (C=O) groups is 1. The molecule has 2 rings (SSSR count). The molecule has 1 N–H and O–H groups in total. The standard InChI is InChI=1S/C14H14BrNO3/c1-8-6-10(12(18-3)7-9(8)2)16-14(17)11-4-5-13(15)19-11/h4-7H,1-3H3,(H,16,17). The maximum absolute atomic E-state index is 12.0. The van der Waals surface area contributed by atoms with Gasteiger partial charge in [0.1, 0.15) is 5.75 Å². The Morgan fingerprint density at radius 1 is 1.26 bits per heavy atom. The average Bonchev–Trinajstić information content (AvgIpc) is 2.80. The van der Waals surface area contributed by atoms with Crippen molar-refractivity contribution in [3.8, 4) is 5.75 Å². The summed E-state index contributed by atoms with van der Waals surface area (Å²) in [5.74, 6) is 0.557. The molecule has 19 heavy (non-hydrogen) atoms. The summed E-state index contributed by atoms with van der Waals surface area (Å²) in [7, 11) is 1.57. The summed E-state index contributed by atoms with van der Waals surface area (Å²) in [6, 6.07) is 7.05. The highest BCUT2D eigenvalue weighted by atomic mass is 79.9. The van der Waals surface area contributed by atoms with E-state index in [0.717, 1.165) is 11.1 Å². The van der Waals surface area contributed by atoms with E-state index in [1.54, 1.807) is 19.2 Å². The molecular weight excluding hydrogens is 310 g/mol. The van der Waals surface area contributed by atoms with Crippen LogP contribution in [0.2, 0.25) is 0 Å². The number of nitrogens with one attached hydrogen (secondary N) is 1. The average molecular weight is 324 g/mol. The molecule has 0 atom stereocenters. The van der Waals surface area contributed by atoms with Crippen molar-refractivity contribution in [1.82, 2.24) is 0 Å². The van der Waals surface area contributed by atoms with Crippen LogP contribution < -0.4 is 10.1 Å². The van der Waals surface area contributed by atoms with E-state index in [-0.39, 0.29) is 11.7 Å². The molecule has 0 aliphatic rings. The number of furan rings is 1. The second-order valence-corrected chi connectivity index (χ2v) is 4.98. The topological polar surface area (TPSA) is 51.5 Å². The van der Waals surface area contributed by atoms with Gasteiger partial charge < -0.3 is 14.5 Å². The van der Waals surface area contributed by atoms with E-state index in [2.05, 4.69) is 21.2 Å². The second kappa shape index (κ2) is 5.48.